The Morgan fingerprint density at radius 3 is 2.59 bits per heavy atom. The maximum absolute atomic E-state index is 10.8. The summed E-state index contributed by atoms with van der Waals surface area (Å²) in [6, 6.07) is 7.37. The second kappa shape index (κ2) is 4.65. The Kier molecular flexibility index (Phi) is 3.22. The quantitative estimate of drug-likeness (QED) is 0.843. The van der Waals surface area contributed by atoms with Crippen LogP contribution in [0.4, 0.5) is 5.69 Å². The third-order valence-electron chi connectivity index (χ3n) is 3.34. The summed E-state index contributed by atoms with van der Waals surface area (Å²) in [5.41, 5.74) is 0.985. The van der Waals surface area contributed by atoms with Crippen LogP contribution in [0.15, 0.2) is 24.3 Å². The minimum Gasteiger partial charge on any atom is -0.508 e. The Hall–Kier alpha value is -1.71. The summed E-state index contributed by atoms with van der Waals surface area (Å²) in [6.45, 7) is 2.11. The second-order valence-corrected chi connectivity index (χ2v) is 4.60. The van der Waals surface area contributed by atoms with Crippen molar-refractivity contribution in [1.82, 2.24) is 0 Å². The molecule has 0 aliphatic carbocycles. The molecule has 92 valence electrons. The number of carbonyl (C=O) groups is 1. The zero-order valence-electron chi connectivity index (χ0n) is 9.84. The minimum absolute atomic E-state index is 0.0621. The van der Waals surface area contributed by atoms with E-state index in [2.05, 4.69) is 11.8 Å². The van der Waals surface area contributed by atoms with Gasteiger partial charge >= 0.3 is 5.97 Å². The normalized spacial score (nSPS) is 23.9. The predicted octanol–water partition coefficient (Wildman–Crippen LogP) is 2.22. The van der Waals surface area contributed by atoms with Crippen molar-refractivity contribution in [3.05, 3.63) is 24.3 Å². The van der Waals surface area contributed by atoms with E-state index in [1.54, 1.807) is 12.1 Å². The standard InChI is InChI=1S/C13H17NO3/c1-9-2-3-11(8-13(16)17)14(9)10-4-6-12(15)7-5-10/h4-7,9,11,15H,2-3,8H2,1H3,(H,16,17). The maximum atomic E-state index is 10.8. The molecule has 1 aromatic carbocycles. The molecule has 2 atom stereocenters. The highest BCUT2D eigenvalue weighted by Crippen LogP contribution is 2.32. The summed E-state index contributed by atoms with van der Waals surface area (Å²) in [6.07, 6.45) is 2.10. The Balaban J connectivity index is 2.21. The Labute approximate surface area is 100 Å². The summed E-state index contributed by atoms with van der Waals surface area (Å²) in [7, 11) is 0. The number of rotatable bonds is 3. The lowest BCUT2D eigenvalue weighted by molar-refractivity contribution is -0.137. The maximum Gasteiger partial charge on any atom is 0.305 e. The van der Waals surface area contributed by atoms with Crippen LogP contribution < -0.4 is 4.90 Å². The molecule has 1 fully saturated rings. The number of hydrogen-bond donors (Lipinski definition) is 2. The van der Waals surface area contributed by atoms with Crippen molar-refractivity contribution in [2.45, 2.75) is 38.3 Å². The van der Waals surface area contributed by atoms with Crippen molar-refractivity contribution in [3.8, 4) is 5.75 Å². The third-order valence-corrected chi connectivity index (χ3v) is 3.34. The molecule has 2 unspecified atom stereocenters. The van der Waals surface area contributed by atoms with Gasteiger partial charge in [-0.15, -0.1) is 0 Å². The summed E-state index contributed by atoms with van der Waals surface area (Å²) < 4.78 is 0. The van der Waals surface area contributed by atoms with Crippen LogP contribution in [0.3, 0.4) is 0 Å². The topological polar surface area (TPSA) is 60.8 Å². The fourth-order valence-corrected chi connectivity index (χ4v) is 2.56. The average Bonchev–Trinajstić information content (AvgIpc) is 2.61. The van der Waals surface area contributed by atoms with E-state index in [1.807, 2.05) is 12.1 Å². The average molecular weight is 235 g/mol. The van der Waals surface area contributed by atoms with Crippen LogP contribution in [0, 0.1) is 0 Å². The van der Waals surface area contributed by atoms with Crippen LogP contribution in [-0.2, 0) is 4.79 Å². The monoisotopic (exact) mass is 235 g/mol. The SMILES string of the molecule is CC1CCC(CC(=O)O)N1c1ccc(O)cc1. The molecule has 0 amide bonds. The van der Waals surface area contributed by atoms with Gasteiger partial charge in [-0.3, -0.25) is 4.79 Å². The second-order valence-electron chi connectivity index (χ2n) is 4.60. The Morgan fingerprint density at radius 1 is 1.35 bits per heavy atom. The summed E-state index contributed by atoms with van der Waals surface area (Å²) in [5.74, 6) is -0.525. The number of nitrogens with zero attached hydrogens (tertiary/aromatic N) is 1. The number of carboxylic acid groups (broad SMARTS) is 1. The largest absolute Gasteiger partial charge is 0.508 e. The first kappa shape index (κ1) is 11.8. The summed E-state index contributed by atoms with van der Waals surface area (Å²) in [5, 5.41) is 18.2. The number of phenolic OH excluding ortho intramolecular Hbond substituents is 1. The van der Waals surface area contributed by atoms with Gasteiger partial charge in [0.05, 0.1) is 6.42 Å². The van der Waals surface area contributed by atoms with Crippen LogP contribution in [0.5, 0.6) is 5.75 Å². The molecule has 1 heterocycles. The van der Waals surface area contributed by atoms with Crippen LogP contribution in [0.25, 0.3) is 0 Å². The van der Waals surface area contributed by atoms with E-state index in [-0.39, 0.29) is 18.2 Å². The number of phenols is 1. The molecule has 0 bridgehead atoms. The highest BCUT2D eigenvalue weighted by Gasteiger charge is 2.31. The number of benzene rings is 1. The van der Waals surface area contributed by atoms with Gasteiger partial charge in [0.25, 0.3) is 0 Å². The van der Waals surface area contributed by atoms with Crippen molar-refractivity contribution in [1.29, 1.82) is 0 Å². The number of aromatic hydroxyl groups is 1. The molecule has 0 aromatic heterocycles. The van der Waals surface area contributed by atoms with Crippen LogP contribution in [0.2, 0.25) is 0 Å². The molecule has 4 heteroatoms. The van der Waals surface area contributed by atoms with Gasteiger partial charge in [0.15, 0.2) is 0 Å². The van der Waals surface area contributed by atoms with E-state index < -0.39 is 5.97 Å². The van der Waals surface area contributed by atoms with Crippen LogP contribution in [-0.4, -0.2) is 28.3 Å². The molecular weight excluding hydrogens is 218 g/mol. The fourth-order valence-electron chi connectivity index (χ4n) is 2.56. The number of carboxylic acids is 1. The van der Waals surface area contributed by atoms with E-state index in [9.17, 15) is 9.90 Å². The molecule has 1 aliphatic heterocycles. The van der Waals surface area contributed by atoms with E-state index in [0.29, 0.717) is 6.04 Å². The molecule has 2 N–H and O–H groups in total. The van der Waals surface area contributed by atoms with Gasteiger partial charge in [-0.2, -0.15) is 0 Å². The van der Waals surface area contributed by atoms with Crippen molar-refractivity contribution >= 4 is 11.7 Å². The lowest BCUT2D eigenvalue weighted by atomic mass is 10.1. The molecule has 0 saturated carbocycles. The zero-order valence-corrected chi connectivity index (χ0v) is 9.84. The van der Waals surface area contributed by atoms with Crippen molar-refractivity contribution < 1.29 is 15.0 Å². The number of anilines is 1. The Bertz CT molecular complexity index is 402. The van der Waals surface area contributed by atoms with E-state index in [0.717, 1.165) is 18.5 Å². The van der Waals surface area contributed by atoms with Crippen LogP contribution in [0.1, 0.15) is 26.2 Å². The highest BCUT2D eigenvalue weighted by molar-refractivity contribution is 5.69. The number of hydrogen-bond acceptors (Lipinski definition) is 3. The van der Waals surface area contributed by atoms with Crippen molar-refractivity contribution in [2.24, 2.45) is 0 Å². The molecule has 2 rings (SSSR count). The highest BCUT2D eigenvalue weighted by atomic mass is 16.4. The third kappa shape index (κ3) is 2.52. The first-order valence-corrected chi connectivity index (χ1v) is 5.87. The molecular formula is C13H17NO3. The molecule has 1 saturated heterocycles. The molecule has 1 aliphatic rings. The smallest absolute Gasteiger partial charge is 0.305 e. The molecule has 1 aromatic rings. The van der Waals surface area contributed by atoms with Gasteiger partial charge in [0, 0.05) is 17.8 Å². The van der Waals surface area contributed by atoms with Gasteiger partial charge in [0.2, 0.25) is 0 Å². The molecule has 4 nitrogen and oxygen atoms in total. The van der Waals surface area contributed by atoms with Gasteiger partial charge in [-0.1, -0.05) is 0 Å². The molecule has 17 heavy (non-hydrogen) atoms. The van der Waals surface area contributed by atoms with Crippen LogP contribution >= 0.6 is 0 Å². The summed E-state index contributed by atoms with van der Waals surface area (Å²) >= 11 is 0. The number of aliphatic carboxylic acids is 1. The van der Waals surface area contributed by atoms with Gasteiger partial charge in [-0.05, 0) is 44.0 Å². The molecule has 0 spiro atoms. The van der Waals surface area contributed by atoms with E-state index in [4.69, 9.17) is 5.11 Å². The van der Waals surface area contributed by atoms with Crippen molar-refractivity contribution in [2.75, 3.05) is 4.90 Å². The van der Waals surface area contributed by atoms with Gasteiger partial charge in [0.1, 0.15) is 5.75 Å². The first-order chi connectivity index (χ1) is 8.08. The lowest BCUT2D eigenvalue weighted by Gasteiger charge is -2.30. The molecule has 0 radical (unpaired) electrons. The summed E-state index contributed by atoms with van der Waals surface area (Å²) in [4.78, 5) is 13.0. The fraction of sp³-hybridized carbons (Fsp3) is 0.462. The van der Waals surface area contributed by atoms with E-state index >= 15 is 0 Å². The minimum atomic E-state index is -0.757. The predicted molar refractivity (Wildman–Crippen MR) is 65.3 cm³/mol. The zero-order chi connectivity index (χ0) is 12.4. The van der Waals surface area contributed by atoms with Gasteiger partial charge in [-0.25, -0.2) is 0 Å². The van der Waals surface area contributed by atoms with E-state index in [1.165, 1.54) is 0 Å². The van der Waals surface area contributed by atoms with Crippen molar-refractivity contribution in [3.63, 3.8) is 0 Å². The Morgan fingerprint density at radius 2 is 2.00 bits per heavy atom. The lowest BCUT2D eigenvalue weighted by Crippen LogP contribution is -2.35. The first-order valence-electron chi connectivity index (χ1n) is 5.87. The van der Waals surface area contributed by atoms with Gasteiger partial charge < -0.3 is 15.1 Å².